The zero-order valence-electron chi connectivity index (χ0n) is 22.0. The number of hydrogen-bond donors (Lipinski definition) is 1. The summed E-state index contributed by atoms with van der Waals surface area (Å²) < 4.78 is 11.0. The molecule has 1 saturated heterocycles. The monoisotopic (exact) mass is 494 g/mol. The highest BCUT2D eigenvalue weighted by atomic mass is 16.5. The number of aryl methyl sites for hydroxylation is 1. The van der Waals surface area contributed by atoms with Crippen LogP contribution in [0.1, 0.15) is 56.3 Å². The van der Waals surface area contributed by atoms with Crippen LogP contribution in [0.15, 0.2) is 48.0 Å². The number of aliphatic hydroxyl groups excluding tert-OH is 1. The normalized spacial score (nSPS) is 17.2. The molecule has 1 N–H and O–H groups in total. The van der Waals surface area contributed by atoms with Gasteiger partial charge in [-0.05, 0) is 80.9 Å². The third-order valence-corrected chi connectivity index (χ3v) is 6.67. The summed E-state index contributed by atoms with van der Waals surface area (Å²) in [5.41, 5.74) is 2.14. The first-order chi connectivity index (χ1) is 17.4. The predicted molar refractivity (Wildman–Crippen MR) is 141 cm³/mol. The van der Waals surface area contributed by atoms with E-state index in [-0.39, 0.29) is 11.3 Å². The van der Waals surface area contributed by atoms with Gasteiger partial charge in [-0.2, -0.15) is 0 Å². The van der Waals surface area contributed by atoms with E-state index in [1.807, 2.05) is 32.0 Å². The fourth-order valence-electron chi connectivity index (χ4n) is 4.60. The van der Waals surface area contributed by atoms with Gasteiger partial charge in [-0.25, -0.2) is 0 Å². The molecule has 2 aromatic rings. The second kappa shape index (κ2) is 12.6. The van der Waals surface area contributed by atoms with Crippen molar-refractivity contribution >= 4 is 17.4 Å². The van der Waals surface area contributed by atoms with Gasteiger partial charge in [0.05, 0.1) is 25.3 Å². The number of rotatable bonds is 12. The van der Waals surface area contributed by atoms with Crippen LogP contribution in [0, 0.1) is 6.92 Å². The Hall–Kier alpha value is -3.32. The van der Waals surface area contributed by atoms with E-state index in [0.717, 1.165) is 43.6 Å². The molecule has 1 heterocycles. The van der Waals surface area contributed by atoms with Crippen molar-refractivity contribution in [3.05, 3.63) is 64.7 Å². The summed E-state index contributed by atoms with van der Waals surface area (Å²) >= 11 is 0. The lowest BCUT2D eigenvalue weighted by atomic mass is 9.93. The molecule has 7 nitrogen and oxygen atoms in total. The minimum absolute atomic E-state index is 0.110. The van der Waals surface area contributed by atoms with Crippen LogP contribution in [-0.4, -0.2) is 66.5 Å². The van der Waals surface area contributed by atoms with E-state index in [4.69, 9.17) is 9.47 Å². The molecule has 3 rings (SSSR count). The van der Waals surface area contributed by atoms with Crippen LogP contribution in [0.25, 0.3) is 5.76 Å². The molecule has 1 fully saturated rings. The van der Waals surface area contributed by atoms with Crippen LogP contribution in [-0.2, 0) is 9.59 Å². The molecule has 0 spiro atoms. The fourth-order valence-corrected chi connectivity index (χ4v) is 4.60. The number of nitrogens with zero attached hydrogens (tertiary/aromatic N) is 2. The maximum atomic E-state index is 13.3. The molecule has 0 aliphatic carbocycles. The summed E-state index contributed by atoms with van der Waals surface area (Å²) in [6.07, 6.45) is 1.62. The lowest BCUT2D eigenvalue weighted by molar-refractivity contribution is -0.140. The highest BCUT2D eigenvalue weighted by Crippen LogP contribution is 2.40. The van der Waals surface area contributed by atoms with Gasteiger partial charge < -0.3 is 24.4 Å². The van der Waals surface area contributed by atoms with Gasteiger partial charge in [-0.1, -0.05) is 32.9 Å². The SMILES string of the molecule is CCCOc1ccc(C(O)=C2C(=O)C(=O)N(CCCN(CC)CC)[C@@H]2c2ccc(OC)cc2)c(C)c1. The largest absolute Gasteiger partial charge is 0.507 e. The van der Waals surface area contributed by atoms with Crippen molar-refractivity contribution in [3.63, 3.8) is 0 Å². The van der Waals surface area contributed by atoms with Crippen LogP contribution >= 0.6 is 0 Å². The van der Waals surface area contributed by atoms with E-state index in [9.17, 15) is 14.7 Å². The molecule has 1 aliphatic heterocycles. The van der Waals surface area contributed by atoms with Crippen LogP contribution in [0.3, 0.4) is 0 Å². The maximum Gasteiger partial charge on any atom is 0.295 e. The topological polar surface area (TPSA) is 79.3 Å². The van der Waals surface area contributed by atoms with Crippen LogP contribution in [0.5, 0.6) is 11.5 Å². The van der Waals surface area contributed by atoms with Crippen molar-refractivity contribution in [1.29, 1.82) is 0 Å². The first-order valence-corrected chi connectivity index (χ1v) is 12.7. The summed E-state index contributed by atoms with van der Waals surface area (Å²) in [4.78, 5) is 30.4. The van der Waals surface area contributed by atoms with Crippen molar-refractivity contribution in [3.8, 4) is 11.5 Å². The highest BCUT2D eigenvalue weighted by molar-refractivity contribution is 6.46. The third kappa shape index (κ3) is 5.90. The minimum Gasteiger partial charge on any atom is -0.507 e. The molecule has 0 bridgehead atoms. The van der Waals surface area contributed by atoms with E-state index in [1.165, 1.54) is 0 Å². The zero-order chi connectivity index (χ0) is 26.2. The lowest BCUT2D eigenvalue weighted by Crippen LogP contribution is -2.33. The summed E-state index contributed by atoms with van der Waals surface area (Å²) in [5, 5.41) is 11.4. The Labute approximate surface area is 214 Å². The highest BCUT2D eigenvalue weighted by Gasteiger charge is 2.46. The number of likely N-dealkylation sites (tertiary alicyclic amines) is 1. The van der Waals surface area contributed by atoms with Crippen molar-refractivity contribution in [2.24, 2.45) is 0 Å². The zero-order valence-corrected chi connectivity index (χ0v) is 22.0. The molecule has 7 heteroatoms. The molecule has 0 aromatic heterocycles. The second-order valence-electron chi connectivity index (χ2n) is 8.97. The Kier molecular flexibility index (Phi) is 9.53. The number of carbonyl (C=O) groups excluding carboxylic acids is 2. The number of benzene rings is 2. The number of carbonyl (C=O) groups is 2. The van der Waals surface area contributed by atoms with Crippen LogP contribution in [0.2, 0.25) is 0 Å². The minimum atomic E-state index is -0.678. The van der Waals surface area contributed by atoms with Crippen LogP contribution in [0.4, 0.5) is 0 Å². The van der Waals surface area contributed by atoms with Crippen molar-refractivity contribution in [2.75, 3.05) is 39.9 Å². The van der Waals surface area contributed by atoms with Gasteiger partial charge in [-0.3, -0.25) is 9.59 Å². The van der Waals surface area contributed by atoms with Crippen molar-refractivity contribution in [2.45, 2.75) is 46.6 Å². The number of ether oxygens (including phenoxy) is 2. The number of methoxy groups -OCH3 is 1. The maximum absolute atomic E-state index is 13.3. The van der Waals surface area contributed by atoms with Crippen LogP contribution < -0.4 is 9.47 Å². The summed E-state index contributed by atoms with van der Waals surface area (Å²) in [6, 6.07) is 12.0. The average molecular weight is 495 g/mol. The smallest absolute Gasteiger partial charge is 0.295 e. The molecule has 1 aliphatic rings. The van der Waals surface area contributed by atoms with Gasteiger partial charge in [0.15, 0.2) is 0 Å². The van der Waals surface area contributed by atoms with Crippen molar-refractivity contribution in [1.82, 2.24) is 9.80 Å². The van der Waals surface area contributed by atoms with Gasteiger partial charge in [0.2, 0.25) is 0 Å². The van der Waals surface area contributed by atoms with Gasteiger partial charge in [0, 0.05) is 12.1 Å². The quantitative estimate of drug-likeness (QED) is 0.256. The van der Waals surface area contributed by atoms with E-state index >= 15 is 0 Å². The van der Waals surface area contributed by atoms with Gasteiger partial charge in [0.1, 0.15) is 17.3 Å². The number of hydrogen-bond acceptors (Lipinski definition) is 6. The third-order valence-electron chi connectivity index (χ3n) is 6.67. The Morgan fingerprint density at radius 1 is 1.03 bits per heavy atom. The molecule has 194 valence electrons. The number of amides is 1. The Bertz CT molecular complexity index is 1090. The number of ketones is 1. The van der Waals surface area contributed by atoms with Gasteiger partial charge in [0.25, 0.3) is 11.7 Å². The molecular formula is C29H38N2O5. The molecule has 0 saturated carbocycles. The lowest BCUT2D eigenvalue weighted by Gasteiger charge is -2.27. The standard InChI is InChI=1S/C29H38N2O5/c1-6-18-36-23-14-15-24(20(4)19-23)27(32)25-26(21-10-12-22(35-5)13-11-21)31(29(34)28(25)33)17-9-16-30(7-2)8-3/h10-15,19,26,32H,6-9,16-18H2,1-5H3/t26-/m1/s1. The van der Waals surface area contributed by atoms with E-state index in [2.05, 4.69) is 18.7 Å². The summed E-state index contributed by atoms with van der Waals surface area (Å²) in [6.45, 7) is 11.8. The summed E-state index contributed by atoms with van der Waals surface area (Å²) in [5.74, 6) is -0.0375. The van der Waals surface area contributed by atoms with E-state index in [0.29, 0.717) is 30.2 Å². The Morgan fingerprint density at radius 2 is 1.69 bits per heavy atom. The molecule has 36 heavy (non-hydrogen) atoms. The Balaban J connectivity index is 2.03. The molecular weight excluding hydrogens is 456 g/mol. The predicted octanol–water partition coefficient (Wildman–Crippen LogP) is 4.95. The van der Waals surface area contributed by atoms with E-state index < -0.39 is 17.7 Å². The number of Topliss-reactive ketones (excluding diaryl/α,β-unsaturated/α-hetero) is 1. The first kappa shape index (κ1) is 27.3. The Morgan fingerprint density at radius 3 is 2.28 bits per heavy atom. The average Bonchev–Trinajstić information content (AvgIpc) is 3.14. The summed E-state index contributed by atoms with van der Waals surface area (Å²) in [7, 11) is 1.59. The molecule has 0 radical (unpaired) electrons. The van der Waals surface area contributed by atoms with E-state index in [1.54, 1.807) is 36.3 Å². The van der Waals surface area contributed by atoms with Gasteiger partial charge >= 0.3 is 0 Å². The fraction of sp³-hybridized carbons (Fsp3) is 0.448. The van der Waals surface area contributed by atoms with Crippen molar-refractivity contribution < 1.29 is 24.2 Å². The molecule has 1 atom stereocenters. The second-order valence-corrected chi connectivity index (χ2v) is 8.97. The number of aliphatic hydroxyl groups is 1. The molecule has 1 amide bonds. The van der Waals surface area contributed by atoms with Gasteiger partial charge in [-0.15, -0.1) is 0 Å². The first-order valence-electron chi connectivity index (χ1n) is 12.7. The molecule has 2 aromatic carbocycles. The molecule has 0 unspecified atom stereocenters.